The number of hydrogen-bond donors (Lipinski definition) is 0. The summed E-state index contributed by atoms with van der Waals surface area (Å²) in [5.41, 5.74) is 0.538. The van der Waals surface area contributed by atoms with Gasteiger partial charge in [0.2, 0.25) is 0 Å². The van der Waals surface area contributed by atoms with E-state index in [1.54, 1.807) is 0 Å². The van der Waals surface area contributed by atoms with Crippen LogP contribution >= 0.6 is 15.9 Å². The summed E-state index contributed by atoms with van der Waals surface area (Å²) in [4.78, 5) is 3.94. The molecule has 15 heavy (non-hydrogen) atoms. The van der Waals surface area contributed by atoms with Crippen molar-refractivity contribution in [3.63, 3.8) is 0 Å². The molecule has 2 aromatic rings. The molecule has 0 saturated heterocycles. The maximum absolute atomic E-state index is 11.9. The van der Waals surface area contributed by atoms with Crippen LogP contribution in [0.25, 0.3) is 5.65 Å². The number of hydrogen-bond acceptors (Lipinski definition) is 2. The van der Waals surface area contributed by atoms with Crippen LogP contribution in [-0.2, 0) is 0 Å². The number of ether oxygens (including phenoxy) is 1. The van der Waals surface area contributed by atoms with E-state index >= 15 is 0 Å². The lowest BCUT2D eigenvalue weighted by Crippen LogP contribution is -2.17. The molecule has 2 aromatic heterocycles. The minimum absolute atomic E-state index is 0.284. The Kier molecular flexibility index (Phi) is 2.34. The molecular weight excluding hydrogens is 277 g/mol. The lowest BCUT2D eigenvalue weighted by atomic mass is 10.4. The molecule has 7 heteroatoms. The van der Waals surface area contributed by atoms with Gasteiger partial charge in [-0.05, 0) is 28.1 Å². The minimum Gasteiger partial charge on any atom is -0.404 e. The third kappa shape index (κ3) is 2.23. The van der Waals surface area contributed by atoms with Crippen LogP contribution in [0.15, 0.2) is 29.1 Å². The number of nitrogens with zero attached hydrogens (tertiary/aromatic N) is 2. The number of alkyl halides is 3. The van der Waals surface area contributed by atoms with Crippen molar-refractivity contribution < 1.29 is 17.9 Å². The van der Waals surface area contributed by atoms with Crippen LogP contribution in [0.1, 0.15) is 0 Å². The molecule has 2 rings (SSSR count). The van der Waals surface area contributed by atoms with E-state index in [0.717, 1.165) is 0 Å². The summed E-state index contributed by atoms with van der Waals surface area (Å²) in [5.74, 6) is -0.284. The molecule has 0 saturated carbocycles. The van der Waals surface area contributed by atoms with Crippen molar-refractivity contribution in [1.29, 1.82) is 0 Å². The van der Waals surface area contributed by atoms with Gasteiger partial charge in [0.15, 0.2) is 0 Å². The zero-order valence-electron chi connectivity index (χ0n) is 7.12. The summed E-state index contributed by atoms with van der Waals surface area (Å²) in [6.07, 6.45) is -1.98. The molecule has 0 atom stereocenters. The van der Waals surface area contributed by atoms with Gasteiger partial charge in [-0.15, -0.1) is 13.2 Å². The van der Waals surface area contributed by atoms with Gasteiger partial charge in [-0.1, -0.05) is 0 Å². The van der Waals surface area contributed by atoms with E-state index < -0.39 is 6.36 Å². The minimum atomic E-state index is -4.68. The Balaban J connectivity index is 2.42. The number of aromatic nitrogens is 2. The highest BCUT2D eigenvalue weighted by Gasteiger charge is 2.31. The fourth-order valence-electron chi connectivity index (χ4n) is 1.13. The van der Waals surface area contributed by atoms with E-state index in [2.05, 4.69) is 25.7 Å². The van der Waals surface area contributed by atoms with Crippen molar-refractivity contribution in [2.45, 2.75) is 6.36 Å². The summed E-state index contributed by atoms with van der Waals surface area (Å²) in [7, 11) is 0. The Hall–Kier alpha value is -1.24. The number of halogens is 4. The normalized spacial score (nSPS) is 12.0. The molecule has 0 aliphatic rings. The molecule has 0 aromatic carbocycles. The first-order valence-electron chi connectivity index (χ1n) is 3.84. The zero-order chi connectivity index (χ0) is 11.1. The van der Waals surface area contributed by atoms with E-state index in [-0.39, 0.29) is 5.75 Å². The molecule has 3 nitrogen and oxygen atoms in total. The average molecular weight is 281 g/mol. The van der Waals surface area contributed by atoms with Gasteiger partial charge in [-0.2, -0.15) is 0 Å². The van der Waals surface area contributed by atoms with E-state index in [1.165, 1.54) is 28.9 Å². The molecular formula is C8H4BrF3N2O. The SMILES string of the molecule is FC(F)(F)Oc1ccc2ncc(Br)n2c1. The lowest BCUT2D eigenvalue weighted by molar-refractivity contribution is -0.274. The molecule has 0 aliphatic heterocycles. The van der Waals surface area contributed by atoms with Crippen molar-refractivity contribution in [3.8, 4) is 5.75 Å². The summed E-state index contributed by atoms with van der Waals surface area (Å²) >= 11 is 3.14. The molecule has 0 amide bonds. The summed E-state index contributed by atoms with van der Waals surface area (Å²) in [6.45, 7) is 0. The van der Waals surface area contributed by atoms with Gasteiger partial charge in [-0.3, -0.25) is 4.40 Å². The quantitative estimate of drug-likeness (QED) is 0.803. The Morgan fingerprint density at radius 2 is 2.07 bits per heavy atom. The molecule has 2 heterocycles. The van der Waals surface area contributed by atoms with E-state index in [1.807, 2.05) is 0 Å². The molecule has 80 valence electrons. The smallest absolute Gasteiger partial charge is 0.404 e. The highest BCUT2D eigenvalue weighted by molar-refractivity contribution is 9.10. The van der Waals surface area contributed by atoms with Gasteiger partial charge in [-0.25, -0.2) is 4.98 Å². The predicted molar refractivity (Wildman–Crippen MR) is 49.6 cm³/mol. The molecule has 0 bridgehead atoms. The van der Waals surface area contributed by atoms with Crippen molar-refractivity contribution in [2.75, 3.05) is 0 Å². The van der Waals surface area contributed by atoms with E-state index in [4.69, 9.17) is 0 Å². The van der Waals surface area contributed by atoms with E-state index in [0.29, 0.717) is 10.3 Å². The Labute approximate surface area is 90.6 Å². The first-order chi connectivity index (χ1) is 6.96. The van der Waals surface area contributed by atoms with Crippen LogP contribution in [0.4, 0.5) is 13.2 Å². The number of imidazole rings is 1. The van der Waals surface area contributed by atoms with Gasteiger partial charge in [0.1, 0.15) is 16.0 Å². The maximum atomic E-state index is 11.9. The van der Waals surface area contributed by atoms with Gasteiger partial charge in [0.25, 0.3) is 0 Å². The van der Waals surface area contributed by atoms with Crippen molar-refractivity contribution in [2.24, 2.45) is 0 Å². The maximum Gasteiger partial charge on any atom is 0.573 e. The Morgan fingerprint density at radius 3 is 2.73 bits per heavy atom. The number of fused-ring (bicyclic) bond motifs is 1. The molecule has 0 radical (unpaired) electrons. The molecule has 0 fully saturated rings. The zero-order valence-corrected chi connectivity index (χ0v) is 8.71. The molecule has 0 N–H and O–H groups in total. The van der Waals surface area contributed by atoms with Gasteiger partial charge < -0.3 is 4.74 Å². The first-order valence-corrected chi connectivity index (χ1v) is 4.63. The number of pyridine rings is 1. The summed E-state index contributed by atoms with van der Waals surface area (Å²) < 4.78 is 41.5. The standard InChI is InChI=1S/C8H4BrF3N2O/c9-6-3-13-7-2-1-5(4-14(6)7)15-8(10,11)12/h1-4H. The van der Waals surface area contributed by atoms with E-state index in [9.17, 15) is 13.2 Å². The Bertz CT molecular complexity index is 494. The highest BCUT2D eigenvalue weighted by Crippen LogP contribution is 2.24. The van der Waals surface area contributed by atoms with Crippen LogP contribution in [0.2, 0.25) is 0 Å². The lowest BCUT2D eigenvalue weighted by Gasteiger charge is -2.08. The largest absolute Gasteiger partial charge is 0.573 e. The van der Waals surface area contributed by atoms with Crippen molar-refractivity contribution in [1.82, 2.24) is 9.38 Å². The van der Waals surface area contributed by atoms with Crippen LogP contribution in [0.5, 0.6) is 5.75 Å². The summed E-state index contributed by atoms with van der Waals surface area (Å²) in [5, 5.41) is 0. The predicted octanol–water partition coefficient (Wildman–Crippen LogP) is 3.00. The summed E-state index contributed by atoms with van der Waals surface area (Å²) in [6, 6.07) is 2.65. The fourth-order valence-corrected chi connectivity index (χ4v) is 1.51. The molecule has 0 unspecified atom stereocenters. The van der Waals surface area contributed by atoms with Gasteiger partial charge in [0, 0.05) is 0 Å². The second-order valence-electron chi connectivity index (χ2n) is 2.72. The van der Waals surface area contributed by atoms with Gasteiger partial charge in [0.05, 0.1) is 12.4 Å². The Morgan fingerprint density at radius 1 is 1.33 bits per heavy atom. The van der Waals surface area contributed by atoms with Crippen LogP contribution in [0, 0.1) is 0 Å². The second-order valence-corrected chi connectivity index (χ2v) is 3.53. The fraction of sp³-hybridized carbons (Fsp3) is 0.125. The second kappa shape index (κ2) is 3.41. The topological polar surface area (TPSA) is 26.5 Å². The highest BCUT2D eigenvalue weighted by atomic mass is 79.9. The monoisotopic (exact) mass is 280 g/mol. The van der Waals surface area contributed by atoms with Crippen LogP contribution in [0.3, 0.4) is 0 Å². The van der Waals surface area contributed by atoms with Crippen molar-refractivity contribution in [3.05, 3.63) is 29.1 Å². The van der Waals surface area contributed by atoms with Gasteiger partial charge >= 0.3 is 6.36 Å². The van der Waals surface area contributed by atoms with Crippen molar-refractivity contribution >= 4 is 21.6 Å². The third-order valence-electron chi connectivity index (χ3n) is 1.67. The molecule has 0 spiro atoms. The third-order valence-corrected chi connectivity index (χ3v) is 2.25. The molecule has 0 aliphatic carbocycles. The van der Waals surface area contributed by atoms with Crippen LogP contribution in [-0.4, -0.2) is 15.7 Å². The average Bonchev–Trinajstić information content (AvgIpc) is 2.45. The first kappa shape index (κ1) is 10.3. The number of rotatable bonds is 1. The van der Waals surface area contributed by atoms with Crippen LogP contribution < -0.4 is 4.74 Å².